The normalized spacial score (nSPS) is 10.0. The Balaban J connectivity index is 2.08. The van der Waals surface area contributed by atoms with Crippen molar-refractivity contribution < 1.29 is 4.79 Å². The zero-order valence-corrected chi connectivity index (χ0v) is 10.7. The SMILES string of the molecule is CN(C(=O)Nc1cccc(CN)c1)c1ccncc1. The molecule has 0 aliphatic carbocycles. The number of carbonyl (C=O) groups is 1. The summed E-state index contributed by atoms with van der Waals surface area (Å²) in [6.45, 7) is 0.448. The summed E-state index contributed by atoms with van der Waals surface area (Å²) in [6.07, 6.45) is 3.29. The molecule has 0 saturated carbocycles. The molecule has 0 spiro atoms. The molecular formula is C14H16N4O. The van der Waals surface area contributed by atoms with Crippen LogP contribution in [0.25, 0.3) is 0 Å². The summed E-state index contributed by atoms with van der Waals surface area (Å²) in [5, 5.41) is 2.83. The van der Waals surface area contributed by atoms with Gasteiger partial charge in [0.1, 0.15) is 0 Å². The van der Waals surface area contributed by atoms with Gasteiger partial charge >= 0.3 is 6.03 Å². The molecule has 0 unspecified atom stereocenters. The van der Waals surface area contributed by atoms with Crippen LogP contribution in [0.15, 0.2) is 48.8 Å². The fourth-order valence-electron chi connectivity index (χ4n) is 1.67. The van der Waals surface area contributed by atoms with Gasteiger partial charge in [0.05, 0.1) is 0 Å². The van der Waals surface area contributed by atoms with E-state index >= 15 is 0 Å². The van der Waals surface area contributed by atoms with E-state index in [1.54, 1.807) is 31.6 Å². The third-order valence-electron chi connectivity index (χ3n) is 2.77. The van der Waals surface area contributed by atoms with E-state index in [1.165, 1.54) is 4.90 Å². The molecule has 0 radical (unpaired) electrons. The minimum absolute atomic E-state index is 0.208. The van der Waals surface area contributed by atoms with Crippen molar-refractivity contribution in [1.29, 1.82) is 0 Å². The van der Waals surface area contributed by atoms with E-state index in [2.05, 4.69) is 10.3 Å². The van der Waals surface area contributed by atoms with Gasteiger partial charge in [-0.15, -0.1) is 0 Å². The number of amides is 2. The van der Waals surface area contributed by atoms with E-state index in [4.69, 9.17) is 5.73 Å². The standard InChI is InChI=1S/C14H16N4O/c1-18(13-5-7-16-8-6-13)14(19)17-12-4-2-3-11(9-12)10-15/h2-9H,10,15H2,1H3,(H,17,19). The van der Waals surface area contributed by atoms with Gasteiger partial charge in [0.15, 0.2) is 0 Å². The van der Waals surface area contributed by atoms with Gasteiger partial charge in [0, 0.05) is 37.4 Å². The number of nitrogens with two attached hydrogens (primary N) is 1. The molecule has 2 aromatic rings. The molecule has 2 amide bonds. The Labute approximate surface area is 112 Å². The van der Waals surface area contributed by atoms with Gasteiger partial charge in [-0.05, 0) is 29.8 Å². The number of nitrogens with one attached hydrogen (secondary N) is 1. The van der Waals surface area contributed by atoms with Crippen LogP contribution < -0.4 is 16.0 Å². The number of urea groups is 1. The Hall–Kier alpha value is -2.40. The van der Waals surface area contributed by atoms with E-state index in [0.717, 1.165) is 16.9 Å². The minimum atomic E-state index is -0.208. The maximum Gasteiger partial charge on any atom is 0.326 e. The number of hydrogen-bond acceptors (Lipinski definition) is 3. The topological polar surface area (TPSA) is 71.2 Å². The summed E-state index contributed by atoms with van der Waals surface area (Å²) in [7, 11) is 1.71. The second kappa shape index (κ2) is 5.97. The van der Waals surface area contributed by atoms with Crippen molar-refractivity contribution in [2.75, 3.05) is 17.3 Å². The van der Waals surface area contributed by atoms with Crippen LogP contribution in [-0.4, -0.2) is 18.1 Å². The van der Waals surface area contributed by atoms with Crippen LogP contribution in [-0.2, 0) is 6.54 Å². The Kier molecular flexibility index (Phi) is 4.10. The molecule has 1 aromatic heterocycles. The molecular weight excluding hydrogens is 240 g/mol. The zero-order chi connectivity index (χ0) is 13.7. The second-order valence-electron chi connectivity index (χ2n) is 4.10. The van der Waals surface area contributed by atoms with Crippen LogP contribution in [0, 0.1) is 0 Å². The number of pyridine rings is 1. The van der Waals surface area contributed by atoms with Gasteiger partial charge in [-0.2, -0.15) is 0 Å². The number of hydrogen-bond donors (Lipinski definition) is 2. The number of aromatic nitrogens is 1. The summed E-state index contributed by atoms with van der Waals surface area (Å²) in [5.41, 5.74) is 8.06. The highest BCUT2D eigenvalue weighted by Crippen LogP contribution is 2.14. The third-order valence-corrected chi connectivity index (χ3v) is 2.77. The lowest BCUT2D eigenvalue weighted by Crippen LogP contribution is -2.31. The maximum absolute atomic E-state index is 12.1. The van der Waals surface area contributed by atoms with Crippen molar-refractivity contribution in [1.82, 2.24) is 4.98 Å². The highest BCUT2D eigenvalue weighted by Gasteiger charge is 2.10. The fourth-order valence-corrected chi connectivity index (χ4v) is 1.67. The van der Waals surface area contributed by atoms with Crippen molar-refractivity contribution in [2.24, 2.45) is 5.73 Å². The van der Waals surface area contributed by atoms with Crippen molar-refractivity contribution in [2.45, 2.75) is 6.54 Å². The summed E-state index contributed by atoms with van der Waals surface area (Å²) < 4.78 is 0. The first kappa shape index (κ1) is 13.0. The average Bonchev–Trinajstić information content (AvgIpc) is 2.47. The highest BCUT2D eigenvalue weighted by atomic mass is 16.2. The lowest BCUT2D eigenvalue weighted by Gasteiger charge is -2.18. The summed E-state index contributed by atoms with van der Waals surface area (Å²) in [6, 6.07) is 10.8. The lowest BCUT2D eigenvalue weighted by molar-refractivity contribution is 0.258. The highest BCUT2D eigenvalue weighted by molar-refractivity contribution is 6.01. The van der Waals surface area contributed by atoms with Crippen LogP contribution in [0.3, 0.4) is 0 Å². The summed E-state index contributed by atoms with van der Waals surface area (Å²) in [5.74, 6) is 0. The van der Waals surface area contributed by atoms with Crippen LogP contribution in [0.1, 0.15) is 5.56 Å². The smallest absolute Gasteiger partial charge is 0.326 e. The van der Waals surface area contributed by atoms with Crippen molar-refractivity contribution in [3.05, 3.63) is 54.4 Å². The Bertz CT molecular complexity index is 556. The zero-order valence-electron chi connectivity index (χ0n) is 10.7. The van der Waals surface area contributed by atoms with Gasteiger partial charge in [-0.3, -0.25) is 9.88 Å². The first-order valence-corrected chi connectivity index (χ1v) is 5.94. The quantitative estimate of drug-likeness (QED) is 0.884. The third kappa shape index (κ3) is 3.29. The van der Waals surface area contributed by atoms with Gasteiger partial charge < -0.3 is 11.1 Å². The number of nitrogens with zero attached hydrogens (tertiary/aromatic N) is 2. The van der Waals surface area contributed by atoms with Crippen molar-refractivity contribution in [3.8, 4) is 0 Å². The van der Waals surface area contributed by atoms with Gasteiger partial charge in [-0.25, -0.2) is 4.79 Å². The Morgan fingerprint density at radius 2 is 2.05 bits per heavy atom. The molecule has 1 heterocycles. The van der Waals surface area contributed by atoms with Crippen LogP contribution in [0.5, 0.6) is 0 Å². The number of anilines is 2. The molecule has 2 rings (SSSR count). The predicted molar refractivity (Wildman–Crippen MR) is 76.0 cm³/mol. The van der Waals surface area contributed by atoms with E-state index < -0.39 is 0 Å². The fraction of sp³-hybridized carbons (Fsp3) is 0.143. The molecule has 98 valence electrons. The predicted octanol–water partition coefficient (Wildman–Crippen LogP) is 2.21. The molecule has 0 bridgehead atoms. The van der Waals surface area contributed by atoms with E-state index in [1.807, 2.05) is 24.3 Å². The molecule has 3 N–H and O–H groups in total. The van der Waals surface area contributed by atoms with E-state index in [9.17, 15) is 4.79 Å². The minimum Gasteiger partial charge on any atom is -0.326 e. The molecule has 0 aliphatic rings. The molecule has 19 heavy (non-hydrogen) atoms. The first-order valence-electron chi connectivity index (χ1n) is 5.94. The number of carbonyl (C=O) groups excluding carboxylic acids is 1. The Morgan fingerprint density at radius 1 is 1.32 bits per heavy atom. The first-order chi connectivity index (χ1) is 9.20. The molecule has 5 nitrogen and oxygen atoms in total. The van der Waals surface area contributed by atoms with E-state index in [0.29, 0.717) is 6.54 Å². The van der Waals surface area contributed by atoms with Crippen LogP contribution in [0.2, 0.25) is 0 Å². The number of benzene rings is 1. The second-order valence-corrected chi connectivity index (χ2v) is 4.10. The van der Waals surface area contributed by atoms with Gasteiger partial charge in [0.2, 0.25) is 0 Å². The summed E-state index contributed by atoms with van der Waals surface area (Å²) >= 11 is 0. The average molecular weight is 256 g/mol. The molecule has 5 heteroatoms. The summed E-state index contributed by atoms with van der Waals surface area (Å²) in [4.78, 5) is 17.5. The molecule has 0 atom stereocenters. The van der Waals surface area contributed by atoms with Crippen molar-refractivity contribution >= 4 is 17.4 Å². The van der Waals surface area contributed by atoms with E-state index in [-0.39, 0.29) is 6.03 Å². The van der Waals surface area contributed by atoms with Crippen molar-refractivity contribution in [3.63, 3.8) is 0 Å². The van der Waals surface area contributed by atoms with Gasteiger partial charge in [0.25, 0.3) is 0 Å². The monoisotopic (exact) mass is 256 g/mol. The van der Waals surface area contributed by atoms with Crippen LogP contribution in [0.4, 0.5) is 16.2 Å². The lowest BCUT2D eigenvalue weighted by atomic mass is 10.2. The van der Waals surface area contributed by atoms with Gasteiger partial charge in [-0.1, -0.05) is 12.1 Å². The molecule has 1 aromatic carbocycles. The largest absolute Gasteiger partial charge is 0.326 e. The molecule has 0 aliphatic heterocycles. The maximum atomic E-state index is 12.1. The molecule has 0 saturated heterocycles. The number of rotatable bonds is 3. The Morgan fingerprint density at radius 3 is 2.74 bits per heavy atom. The molecule has 0 fully saturated rings. The van der Waals surface area contributed by atoms with Crippen LogP contribution >= 0.6 is 0 Å².